The zero-order chi connectivity index (χ0) is 16.2. The van der Waals surface area contributed by atoms with Crippen molar-refractivity contribution in [2.24, 2.45) is 0 Å². The summed E-state index contributed by atoms with van der Waals surface area (Å²) in [7, 11) is 1.75. The van der Waals surface area contributed by atoms with E-state index in [4.69, 9.17) is 9.47 Å². The quantitative estimate of drug-likeness (QED) is 0.496. The van der Waals surface area contributed by atoms with Gasteiger partial charge in [0.25, 0.3) is 0 Å². The standard InChI is InChI=1S/C16H15N3O3S/c1-3-11-14(10-4-5-12-13(8-10)22-9-21-12)18-16(17-2)19-15(11)23-7-6-20/h3-6,8H,1,7,9H2,2H3,(H,17,18,19). The van der Waals surface area contributed by atoms with Crippen LogP contribution < -0.4 is 14.8 Å². The molecule has 2 aromatic rings. The highest BCUT2D eigenvalue weighted by molar-refractivity contribution is 7.99. The molecule has 3 rings (SSSR count). The van der Waals surface area contributed by atoms with Gasteiger partial charge in [0.1, 0.15) is 11.3 Å². The second-order valence-electron chi connectivity index (χ2n) is 4.61. The van der Waals surface area contributed by atoms with E-state index < -0.39 is 0 Å². The van der Waals surface area contributed by atoms with E-state index in [0.717, 1.165) is 23.1 Å². The number of ether oxygens (including phenoxy) is 2. The molecular weight excluding hydrogens is 314 g/mol. The van der Waals surface area contributed by atoms with E-state index in [1.807, 2.05) is 18.2 Å². The number of benzene rings is 1. The topological polar surface area (TPSA) is 73.3 Å². The van der Waals surface area contributed by atoms with Crippen molar-refractivity contribution in [2.45, 2.75) is 5.03 Å². The number of hydrogen-bond acceptors (Lipinski definition) is 7. The number of carbonyl (C=O) groups is 1. The van der Waals surface area contributed by atoms with Crippen LogP contribution in [0.25, 0.3) is 17.3 Å². The molecule has 0 saturated carbocycles. The maximum absolute atomic E-state index is 10.7. The third kappa shape index (κ3) is 3.00. The smallest absolute Gasteiger partial charge is 0.231 e. The van der Waals surface area contributed by atoms with Crippen LogP contribution in [0, 0.1) is 0 Å². The summed E-state index contributed by atoms with van der Waals surface area (Å²) >= 11 is 1.35. The minimum absolute atomic E-state index is 0.221. The van der Waals surface area contributed by atoms with Gasteiger partial charge in [-0.15, -0.1) is 0 Å². The van der Waals surface area contributed by atoms with Crippen LogP contribution in [0.1, 0.15) is 5.56 Å². The van der Waals surface area contributed by atoms with Gasteiger partial charge in [0.15, 0.2) is 11.5 Å². The van der Waals surface area contributed by atoms with Crippen molar-refractivity contribution in [1.82, 2.24) is 9.97 Å². The molecule has 0 aliphatic carbocycles. The van der Waals surface area contributed by atoms with Gasteiger partial charge in [0.05, 0.1) is 11.4 Å². The Hall–Kier alpha value is -2.54. The lowest BCUT2D eigenvalue weighted by Crippen LogP contribution is -2.03. The molecule has 0 spiro atoms. The molecule has 0 fully saturated rings. The predicted molar refractivity (Wildman–Crippen MR) is 90.0 cm³/mol. The molecule has 0 bridgehead atoms. The first-order valence-corrected chi connectivity index (χ1v) is 7.94. The number of nitrogens with one attached hydrogen (secondary N) is 1. The Balaban J connectivity index is 2.12. The molecule has 1 aliphatic heterocycles. The van der Waals surface area contributed by atoms with E-state index in [0.29, 0.717) is 28.2 Å². The Morgan fingerprint density at radius 3 is 2.91 bits per heavy atom. The highest BCUT2D eigenvalue weighted by atomic mass is 32.2. The van der Waals surface area contributed by atoms with Gasteiger partial charge in [0, 0.05) is 18.2 Å². The minimum atomic E-state index is 0.221. The van der Waals surface area contributed by atoms with Crippen LogP contribution >= 0.6 is 11.8 Å². The highest BCUT2D eigenvalue weighted by Gasteiger charge is 2.18. The first kappa shape index (κ1) is 15.4. The van der Waals surface area contributed by atoms with Crippen LogP contribution in [-0.2, 0) is 4.79 Å². The number of carbonyl (C=O) groups excluding carboxylic acids is 1. The third-order valence-corrected chi connectivity index (χ3v) is 4.16. The summed E-state index contributed by atoms with van der Waals surface area (Å²) in [6.07, 6.45) is 2.55. The average Bonchev–Trinajstić information content (AvgIpc) is 3.06. The molecular formula is C16H15N3O3S. The fraction of sp³-hybridized carbons (Fsp3) is 0.188. The maximum Gasteiger partial charge on any atom is 0.231 e. The van der Waals surface area contributed by atoms with Crippen molar-refractivity contribution in [3.63, 3.8) is 0 Å². The molecule has 0 radical (unpaired) electrons. The predicted octanol–water partition coefficient (Wildman–Crippen LogP) is 2.85. The van der Waals surface area contributed by atoms with Gasteiger partial charge in [-0.25, -0.2) is 9.97 Å². The van der Waals surface area contributed by atoms with Gasteiger partial charge in [-0.05, 0) is 18.2 Å². The molecule has 1 aromatic heterocycles. The number of hydrogen-bond donors (Lipinski definition) is 1. The van der Waals surface area contributed by atoms with E-state index in [1.165, 1.54) is 11.8 Å². The second-order valence-corrected chi connectivity index (χ2v) is 5.62. The molecule has 1 aromatic carbocycles. The van der Waals surface area contributed by atoms with Crippen molar-refractivity contribution >= 4 is 30.1 Å². The summed E-state index contributed by atoms with van der Waals surface area (Å²) in [5.74, 6) is 2.20. The normalized spacial score (nSPS) is 12.0. The Kier molecular flexibility index (Phi) is 4.47. The molecule has 0 saturated heterocycles. The minimum Gasteiger partial charge on any atom is -0.454 e. The Morgan fingerprint density at radius 2 is 2.17 bits per heavy atom. The van der Waals surface area contributed by atoms with Gasteiger partial charge in [-0.1, -0.05) is 24.4 Å². The summed E-state index contributed by atoms with van der Waals surface area (Å²) in [6.45, 7) is 4.08. The summed E-state index contributed by atoms with van der Waals surface area (Å²) < 4.78 is 10.8. The van der Waals surface area contributed by atoms with Crippen LogP contribution in [0.3, 0.4) is 0 Å². The number of rotatable bonds is 6. The lowest BCUT2D eigenvalue weighted by molar-refractivity contribution is -0.105. The number of aromatic nitrogens is 2. The Morgan fingerprint density at radius 1 is 1.35 bits per heavy atom. The van der Waals surface area contributed by atoms with Crippen LogP contribution in [0.5, 0.6) is 11.5 Å². The number of fused-ring (bicyclic) bond motifs is 1. The van der Waals surface area contributed by atoms with Crippen LogP contribution in [-0.4, -0.2) is 35.8 Å². The molecule has 0 unspecified atom stereocenters. The molecule has 2 heterocycles. The van der Waals surface area contributed by atoms with E-state index in [2.05, 4.69) is 21.9 Å². The zero-order valence-electron chi connectivity index (χ0n) is 12.5. The molecule has 0 amide bonds. The van der Waals surface area contributed by atoms with Gasteiger partial charge in [-0.2, -0.15) is 0 Å². The number of thioether (sulfide) groups is 1. The Bertz CT molecular complexity index is 764. The molecule has 0 atom stereocenters. The number of nitrogens with zero attached hydrogens (tertiary/aromatic N) is 2. The van der Waals surface area contributed by atoms with Crippen LogP contribution in [0.4, 0.5) is 5.95 Å². The fourth-order valence-corrected chi connectivity index (χ4v) is 2.94. The third-order valence-electron chi connectivity index (χ3n) is 3.27. The van der Waals surface area contributed by atoms with E-state index in [9.17, 15) is 4.79 Å². The molecule has 23 heavy (non-hydrogen) atoms. The van der Waals surface area contributed by atoms with Gasteiger partial charge < -0.3 is 19.6 Å². The lowest BCUT2D eigenvalue weighted by atomic mass is 10.1. The summed E-state index contributed by atoms with van der Waals surface area (Å²) in [5.41, 5.74) is 2.39. The van der Waals surface area contributed by atoms with Crippen molar-refractivity contribution in [1.29, 1.82) is 0 Å². The van der Waals surface area contributed by atoms with E-state index >= 15 is 0 Å². The molecule has 1 aliphatic rings. The van der Waals surface area contributed by atoms with Gasteiger partial charge in [-0.3, -0.25) is 0 Å². The lowest BCUT2D eigenvalue weighted by Gasteiger charge is -2.12. The molecule has 6 nitrogen and oxygen atoms in total. The van der Waals surface area contributed by atoms with Crippen LogP contribution in [0.2, 0.25) is 0 Å². The SMILES string of the molecule is C=Cc1c(SCC=O)nc(NC)nc1-c1ccc2c(c1)OCO2. The molecule has 1 N–H and O–H groups in total. The van der Waals surface area contributed by atoms with E-state index in [1.54, 1.807) is 13.1 Å². The zero-order valence-corrected chi connectivity index (χ0v) is 13.4. The number of anilines is 1. The Labute approximate surface area is 137 Å². The van der Waals surface area contributed by atoms with Crippen molar-refractivity contribution < 1.29 is 14.3 Å². The van der Waals surface area contributed by atoms with E-state index in [-0.39, 0.29) is 6.79 Å². The number of aldehydes is 1. The van der Waals surface area contributed by atoms with Gasteiger partial charge >= 0.3 is 0 Å². The highest BCUT2D eigenvalue weighted by Crippen LogP contribution is 2.38. The second kappa shape index (κ2) is 6.70. The maximum atomic E-state index is 10.7. The average molecular weight is 329 g/mol. The van der Waals surface area contributed by atoms with Crippen LogP contribution in [0.15, 0.2) is 29.8 Å². The monoisotopic (exact) mass is 329 g/mol. The van der Waals surface area contributed by atoms with Crippen molar-refractivity contribution in [3.8, 4) is 22.8 Å². The largest absolute Gasteiger partial charge is 0.454 e. The molecule has 118 valence electrons. The summed E-state index contributed by atoms with van der Waals surface area (Å²) in [5, 5.41) is 3.65. The summed E-state index contributed by atoms with van der Waals surface area (Å²) in [6, 6.07) is 5.64. The first-order chi connectivity index (χ1) is 11.3. The van der Waals surface area contributed by atoms with Gasteiger partial charge in [0.2, 0.25) is 12.7 Å². The fourth-order valence-electron chi connectivity index (χ4n) is 2.23. The van der Waals surface area contributed by atoms with Crippen molar-refractivity contribution in [2.75, 3.05) is 24.9 Å². The van der Waals surface area contributed by atoms with Crippen molar-refractivity contribution in [3.05, 3.63) is 30.3 Å². The first-order valence-electron chi connectivity index (χ1n) is 6.95. The molecule has 7 heteroatoms. The summed E-state index contributed by atoms with van der Waals surface area (Å²) in [4.78, 5) is 19.6.